The van der Waals surface area contributed by atoms with Gasteiger partial charge in [0.05, 0.1) is 34.4 Å². The Morgan fingerprint density at radius 1 is 1.13 bits per heavy atom. The summed E-state index contributed by atoms with van der Waals surface area (Å²) in [7, 11) is 0. The second-order valence-electron chi connectivity index (χ2n) is 7.66. The largest absolute Gasteiger partial charge is 0.367 e. The Morgan fingerprint density at radius 2 is 1.94 bits per heavy atom. The van der Waals surface area contributed by atoms with Crippen LogP contribution < -0.4 is 4.90 Å². The molecule has 31 heavy (non-hydrogen) atoms. The van der Waals surface area contributed by atoms with Crippen LogP contribution in [0, 0.1) is 6.92 Å². The van der Waals surface area contributed by atoms with Crippen molar-refractivity contribution in [2.75, 3.05) is 31.1 Å². The average Bonchev–Trinajstić information content (AvgIpc) is 3.44. The topological polar surface area (TPSA) is 54.3 Å². The van der Waals surface area contributed by atoms with Gasteiger partial charge in [-0.05, 0) is 36.6 Å². The van der Waals surface area contributed by atoms with Gasteiger partial charge in [-0.2, -0.15) is 5.10 Å². The third-order valence-corrected chi connectivity index (χ3v) is 6.79. The van der Waals surface area contributed by atoms with E-state index in [1.165, 1.54) is 4.88 Å². The number of nitrogens with zero attached hydrogens (tertiary/aromatic N) is 5. The van der Waals surface area contributed by atoms with Crippen LogP contribution in [0.2, 0.25) is 5.02 Å². The van der Waals surface area contributed by atoms with Gasteiger partial charge in [0.2, 0.25) is 0 Å². The predicted molar refractivity (Wildman–Crippen MR) is 125 cm³/mol. The maximum atomic E-state index is 13.4. The van der Waals surface area contributed by atoms with E-state index in [1.54, 1.807) is 17.5 Å². The van der Waals surface area contributed by atoms with Crippen LogP contribution in [-0.4, -0.2) is 51.8 Å². The first-order valence-corrected chi connectivity index (χ1v) is 11.5. The van der Waals surface area contributed by atoms with Crippen LogP contribution in [0.15, 0.2) is 54.0 Å². The number of hydrogen-bond acceptors (Lipinski definition) is 5. The van der Waals surface area contributed by atoms with Crippen molar-refractivity contribution in [2.45, 2.75) is 13.5 Å². The Labute approximate surface area is 189 Å². The molecule has 0 N–H and O–H groups in total. The van der Waals surface area contributed by atoms with Crippen molar-refractivity contribution in [3.05, 3.63) is 75.2 Å². The minimum atomic E-state index is 0.0324. The van der Waals surface area contributed by atoms with Crippen LogP contribution in [0.25, 0.3) is 11.0 Å². The van der Waals surface area contributed by atoms with Gasteiger partial charge in [0, 0.05) is 36.8 Å². The minimum absolute atomic E-state index is 0.0324. The van der Waals surface area contributed by atoms with Gasteiger partial charge >= 0.3 is 0 Å². The molecule has 0 saturated carbocycles. The molecule has 0 unspecified atom stereocenters. The highest BCUT2D eigenvalue weighted by atomic mass is 35.5. The number of aromatic nitrogens is 3. The molecule has 1 fully saturated rings. The van der Waals surface area contributed by atoms with Crippen molar-refractivity contribution in [1.29, 1.82) is 0 Å². The fourth-order valence-corrected chi connectivity index (χ4v) is 4.99. The van der Waals surface area contributed by atoms with Crippen molar-refractivity contribution in [3.63, 3.8) is 0 Å². The fourth-order valence-electron chi connectivity index (χ4n) is 4.04. The van der Waals surface area contributed by atoms with Crippen LogP contribution >= 0.6 is 22.9 Å². The smallest absolute Gasteiger partial charge is 0.254 e. The molecule has 0 bridgehead atoms. The van der Waals surface area contributed by atoms with E-state index in [-0.39, 0.29) is 5.91 Å². The number of pyridine rings is 1. The summed E-state index contributed by atoms with van der Waals surface area (Å²) in [5, 5.41) is 8.13. The van der Waals surface area contributed by atoms with E-state index >= 15 is 0 Å². The average molecular weight is 452 g/mol. The SMILES string of the molecule is Cc1cc(C(=O)N2CCN(c3ccccc3Cl)CC2)c2cnn(Cc3cccs3)c2n1. The number of carbonyl (C=O) groups is 1. The molecular formula is C23H22ClN5OS. The van der Waals surface area contributed by atoms with E-state index in [2.05, 4.69) is 26.4 Å². The van der Waals surface area contributed by atoms with Gasteiger partial charge in [-0.1, -0.05) is 29.8 Å². The van der Waals surface area contributed by atoms with Gasteiger partial charge in [0.15, 0.2) is 5.65 Å². The second kappa shape index (κ2) is 8.32. The Kier molecular flexibility index (Phi) is 5.38. The Bertz CT molecular complexity index is 1230. The molecule has 0 aliphatic carbocycles. The number of amides is 1. The monoisotopic (exact) mass is 451 g/mol. The number of carbonyl (C=O) groups excluding carboxylic acids is 1. The normalized spacial score (nSPS) is 14.4. The van der Waals surface area contributed by atoms with Crippen LogP contribution in [0.4, 0.5) is 5.69 Å². The molecule has 1 aromatic carbocycles. The van der Waals surface area contributed by atoms with E-state index in [0.717, 1.165) is 40.5 Å². The lowest BCUT2D eigenvalue weighted by molar-refractivity contribution is 0.0748. The molecule has 158 valence electrons. The van der Waals surface area contributed by atoms with Crippen LogP contribution in [-0.2, 0) is 6.54 Å². The zero-order valence-electron chi connectivity index (χ0n) is 17.2. The van der Waals surface area contributed by atoms with Crippen LogP contribution in [0.5, 0.6) is 0 Å². The third kappa shape index (κ3) is 3.91. The van der Waals surface area contributed by atoms with Crippen LogP contribution in [0.1, 0.15) is 20.9 Å². The van der Waals surface area contributed by atoms with E-state index in [9.17, 15) is 4.79 Å². The molecule has 1 saturated heterocycles. The lowest BCUT2D eigenvalue weighted by Gasteiger charge is -2.36. The second-order valence-corrected chi connectivity index (χ2v) is 9.10. The molecule has 6 nitrogen and oxygen atoms in total. The molecule has 4 aromatic rings. The van der Waals surface area contributed by atoms with Gasteiger partial charge < -0.3 is 9.80 Å². The summed E-state index contributed by atoms with van der Waals surface area (Å²) in [5.41, 5.74) is 3.27. The number of para-hydroxylation sites is 1. The molecule has 0 atom stereocenters. The summed E-state index contributed by atoms with van der Waals surface area (Å²) < 4.78 is 1.88. The number of fused-ring (bicyclic) bond motifs is 1. The number of halogens is 1. The third-order valence-electron chi connectivity index (χ3n) is 5.61. The lowest BCUT2D eigenvalue weighted by atomic mass is 10.1. The summed E-state index contributed by atoms with van der Waals surface area (Å²) in [6, 6.07) is 13.8. The molecule has 1 amide bonds. The summed E-state index contributed by atoms with van der Waals surface area (Å²) >= 11 is 8.04. The molecule has 3 aromatic heterocycles. The van der Waals surface area contributed by atoms with E-state index < -0.39 is 0 Å². The summed E-state index contributed by atoms with van der Waals surface area (Å²) in [6.45, 7) is 5.38. The minimum Gasteiger partial charge on any atom is -0.367 e. The van der Waals surface area contributed by atoms with Gasteiger partial charge in [-0.3, -0.25) is 4.79 Å². The fraction of sp³-hybridized carbons (Fsp3) is 0.261. The summed E-state index contributed by atoms with van der Waals surface area (Å²) in [5.74, 6) is 0.0324. The summed E-state index contributed by atoms with van der Waals surface area (Å²) in [4.78, 5) is 23.5. The molecule has 0 spiro atoms. The van der Waals surface area contributed by atoms with Crippen LogP contribution in [0.3, 0.4) is 0 Å². The number of rotatable bonds is 4. The number of hydrogen-bond donors (Lipinski definition) is 0. The quantitative estimate of drug-likeness (QED) is 0.459. The highest BCUT2D eigenvalue weighted by Crippen LogP contribution is 2.27. The first kappa shape index (κ1) is 20.0. The lowest BCUT2D eigenvalue weighted by Crippen LogP contribution is -2.49. The zero-order chi connectivity index (χ0) is 21.4. The number of benzene rings is 1. The maximum Gasteiger partial charge on any atom is 0.254 e. The number of aryl methyl sites for hydroxylation is 1. The van der Waals surface area contributed by atoms with E-state index in [1.807, 2.05) is 52.9 Å². The predicted octanol–water partition coefficient (Wildman–Crippen LogP) is 4.47. The molecule has 8 heteroatoms. The van der Waals surface area contributed by atoms with Crippen molar-refractivity contribution >= 4 is 45.6 Å². The molecular weight excluding hydrogens is 430 g/mol. The molecule has 5 rings (SSSR count). The van der Waals surface area contributed by atoms with Gasteiger partial charge in [-0.15, -0.1) is 11.3 Å². The van der Waals surface area contributed by atoms with E-state index in [0.29, 0.717) is 25.2 Å². The first-order chi connectivity index (χ1) is 15.1. The standard InChI is InChI=1S/C23H22ClN5OS/c1-16-13-18(19-14-25-29(22(19)26-16)15-17-5-4-12-31-17)23(30)28-10-8-27(9-11-28)21-7-3-2-6-20(21)24/h2-7,12-14H,8-11,15H2,1H3. The number of thiophene rings is 1. The Hall–Kier alpha value is -2.90. The first-order valence-electron chi connectivity index (χ1n) is 10.2. The number of piperazine rings is 1. The molecule has 1 aliphatic heterocycles. The Balaban J connectivity index is 1.38. The maximum absolute atomic E-state index is 13.4. The molecule has 4 heterocycles. The number of anilines is 1. The van der Waals surface area contributed by atoms with Crippen molar-refractivity contribution in [2.24, 2.45) is 0 Å². The van der Waals surface area contributed by atoms with Crippen molar-refractivity contribution < 1.29 is 4.79 Å². The Morgan fingerprint density at radius 3 is 2.68 bits per heavy atom. The van der Waals surface area contributed by atoms with Crippen molar-refractivity contribution in [1.82, 2.24) is 19.7 Å². The van der Waals surface area contributed by atoms with E-state index in [4.69, 9.17) is 11.6 Å². The zero-order valence-corrected chi connectivity index (χ0v) is 18.7. The van der Waals surface area contributed by atoms with Crippen molar-refractivity contribution in [3.8, 4) is 0 Å². The van der Waals surface area contributed by atoms with Gasteiger partial charge in [0.1, 0.15) is 0 Å². The summed E-state index contributed by atoms with van der Waals surface area (Å²) in [6.07, 6.45) is 1.77. The highest BCUT2D eigenvalue weighted by Gasteiger charge is 2.25. The highest BCUT2D eigenvalue weighted by molar-refractivity contribution is 7.09. The van der Waals surface area contributed by atoms with Gasteiger partial charge in [0.25, 0.3) is 5.91 Å². The molecule has 1 aliphatic rings. The van der Waals surface area contributed by atoms with Gasteiger partial charge in [-0.25, -0.2) is 9.67 Å². The molecule has 0 radical (unpaired) electrons.